The molecule has 0 spiro atoms. The predicted molar refractivity (Wildman–Crippen MR) is 92.3 cm³/mol. The standard InChI is InChI=1S/C18H13ClN4O/c1-11-6-8-12(9-7-11)17(24)16-13(10-20)18(21)23(22-16)15-5-3-2-4-14(15)19/h2-9H,21H2,1H3. The number of aromatic nitrogens is 2. The van der Waals surface area contributed by atoms with Crippen LogP contribution in [0.5, 0.6) is 0 Å². The van der Waals surface area contributed by atoms with Gasteiger partial charge in [-0.15, -0.1) is 0 Å². The summed E-state index contributed by atoms with van der Waals surface area (Å²) in [6.07, 6.45) is 0. The number of hydrogen-bond acceptors (Lipinski definition) is 4. The number of nitrogens with two attached hydrogens (primary N) is 1. The van der Waals surface area contributed by atoms with Crippen LogP contribution in [0.15, 0.2) is 48.5 Å². The van der Waals surface area contributed by atoms with E-state index < -0.39 is 0 Å². The molecule has 1 heterocycles. The topological polar surface area (TPSA) is 84.7 Å². The molecule has 0 saturated heterocycles. The highest BCUT2D eigenvalue weighted by molar-refractivity contribution is 6.32. The minimum atomic E-state index is -0.357. The van der Waals surface area contributed by atoms with Crippen molar-refractivity contribution in [3.05, 3.63) is 75.9 Å². The number of nitriles is 1. The molecule has 0 aliphatic heterocycles. The summed E-state index contributed by atoms with van der Waals surface area (Å²) >= 11 is 6.17. The number of benzene rings is 2. The minimum Gasteiger partial charge on any atom is -0.382 e. The molecule has 0 aliphatic carbocycles. The third-order valence-corrected chi connectivity index (χ3v) is 3.96. The molecule has 3 rings (SSSR count). The van der Waals surface area contributed by atoms with Gasteiger partial charge < -0.3 is 5.73 Å². The number of ketones is 1. The van der Waals surface area contributed by atoms with Crippen molar-refractivity contribution >= 4 is 23.2 Å². The van der Waals surface area contributed by atoms with Gasteiger partial charge in [0.1, 0.15) is 17.5 Å². The molecule has 5 nitrogen and oxygen atoms in total. The molecule has 0 bridgehead atoms. The normalized spacial score (nSPS) is 10.4. The molecule has 2 N–H and O–H groups in total. The summed E-state index contributed by atoms with van der Waals surface area (Å²) in [6.45, 7) is 1.93. The van der Waals surface area contributed by atoms with E-state index in [1.165, 1.54) is 4.68 Å². The van der Waals surface area contributed by atoms with Crippen LogP contribution >= 0.6 is 11.6 Å². The van der Waals surface area contributed by atoms with E-state index in [-0.39, 0.29) is 22.9 Å². The molecule has 0 amide bonds. The predicted octanol–water partition coefficient (Wildman–Crippen LogP) is 3.52. The number of nitrogens with zero attached hydrogens (tertiary/aromatic N) is 3. The van der Waals surface area contributed by atoms with Gasteiger partial charge in [0.2, 0.25) is 5.78 Å². The number of para-hydroxylation sites is 1. The number of aryl methyl sites for hydroxylation is 1. The molecule has 118 valence electrons. The summed E-state index contributed by atoms with van der Waals surface area (Å²) in [4.78, 5) is 12.7. The Hall–Kier alpha value is -3.10. The maximum atomic E-state index is 12.7. The summed E-state index contributed by atoms with van der Waals surface area (Å²) in [7, 11) is 0. The molecule has 3 aromatic rings. The second-order valence-electron chi connectivity index (χ2n) is 5.28. The van der Waals surface area contributed by atoms with Crippen LogP contribution in [0, 0.1) is 18.3 Å². The monoisotopic (exact) mass is 336 g/mol. The third kappa shape index (κ3) is 2.64. The first-order valence-corrected chi connectivity index (χ1v) is 7.55. The molecule has 2 aromatic carbocycles. The lowest BCUT2D eigenvalue weighted by molar-refractivity contribution is 0.103. The Morgan fingerprint density at radius 2 is 1.88 bits per heavy atom. The molecule has 0 unspecified atom stereocenters. The quantitative estimate of drug-likeness (QED) is 0.741. The highest BCUT2D eigenvalue weighted by Gasteiger charge is 2.24. The van der Waals surface area contributed by atoms with Crippen molar-refractivity contribution in [1.82, 2.24) is 9.78 Å². The summed E-state index contributed by atoms with van der Waals surface area (Å²) in [5.41, 5.74) is 8.07. The van der Waals surface area contributed by atoms with Crippen LogP contribution in [0.4, 0.5) is 5.82 Å². The summed E-state index contributed by atoms with van der Waals surface area (Å²) in [6, 6.07) is 16.0. The number of hydrogen-bond donors (Lipinski definition) is 1. The van der Waals surface area contributed by atoms with Crippen molar-refractivity contribution < 1.29 is 4.79 Å². The Morgan fingerprint density at radius 1 is 1.21 bits per heavy atom. The highest BCUT2D eigenvalue weighted by Crippen LogP contribution is 2.26. The zero-order chi connectivity index (χ0) is 17.3. The van der Waals surface area contributed by atoms with E-state index in [2.05, 4.69) is 5.10 Å². The first-order chi connectivity index (χ1) is 11.5. The number of halogens is 1. The maximum absolute atomic E-state index is 12.7. The van der Waals surface area contributed by atoms with Crippen molar-refractivity contribution in [1.29, 1.82) is 5.26 Å². The lowest BCUT2D eigenvalue weighted by Crippen LogP contribution is -2.06. The van der Waals surface area contributed by atoms with E-state index in [1.807, 2.05) is 25.1 Å². The van der Waals surface area contributed by atoms with Gasteiger partial charge in [-0.3, -0.25) is 4.79 Å². The van der Waals surface area contributed by atoms with Crippen LogP contribution in [-0.4, -0.2) is 15.6 Å². The molecule has 1 aromatic heterocycles. The van der Waals surface area contributed by atoms with Gasteiger partial charge in [0, 0.05) is 5.56 Å². The Morgan fingerprint density at radius 3 is 2.50 bits per heavy atom. The van der Waals surface area contributed by atoms with Gasteiger partial charge >= 0.3 is 0 Å². The molecule has 0 aliphatic rings. The Balaban J connectivity index is 2.15. The number of nitrogen functional groups attached to an aromatic ring is 1. The van der Waals surface area contributed by atoms with E-state index in [4.69, 9.17) is 17.3 Å². The fourth-order valence-corrected chi connectivity index (χ4v) is 2.56. The van der Waals surface area contributed by atoms with E-state index in [9.17, 15) is 10.1 Å². The summed E-state index contributed by atoms with van der Waals surface area (Å²) in [5, 5.41) is 14.1. The molecule has 0 fully saturated rings. The average Bonchev–Trinajstić information content (AvgIpc) is 2.92. The molecule has 6 heteroatoms. The second kappa shape index (κ2) is 6.19. The van der Waals surface area contributed by atoms with Gasteiger partial charge in [0.05, 0.1) is 10.7 Å². The van der Waals surface area contributed by atoms with Gasteiger partial charge in [-0.25, -0.2) is 4.68 Å². The molecular formula is C18H13ClN4O. The van der Waals surface area contributed by atoms with Crippen molar-refractivity contribution in [2.75, 3.05) is 5.73 Å². The van der Waals surface area contributed by atoms with Gasteiger partial charge in [-0.2, -0.15) is 10.4 Å². The largest absolute Gasteiger partial charge is 0.382 e. The summed E-state index contributed by atoms with van der Waals surface area (Å²) < 4.78 is 1.32. The Kier molecular flexibility index (Phi) is 4.07. The van der Waals surface area contributed by atoms with Crippen molar-refractivity contribution in [3.8, 4) is 11.8 Å². The minimum absolute atomic E-state index is 0.0128. The van der Waals surface area contributed by atoms with E-state index in [1.54, 1.807) is 36.4 Å². The second-order valence-corrected chi connectivity index (χ2v) is 5.69. The summed E-state index contributed by atoms with van der Waals surface area (Å²) in [5.74, 6) is -0.273. The van der Waals surface area contributed by atoms with E-state index in [0.717, 1.165) is 5.56 Å². The lowest BCUT2D eigenvalue weighted by atomic mass is 10.0. The smallest absolute Gasteiger partial charge is 0.214 e. The molecule has 0 saturated carbocycles. The Bertz CT molecular complexity index is 968. The van der Waals surface area contributed by atoms with Crippen molar-refractivity contribution in [2.24, 2.45) is 0 Å². The van der Waals surface area contributed by atoms with Gasteiger partial charge in [-0.05, 0) is 19.1 Å². The zero-order valence-electron chi connectivity index (χ0n) is 12.8. The van der Waals surface area contributed by atoms with Gasteiger partial charge in [0.25, 0.3) is 0 Å². The van der Waals surface area contributed by atoms with Crippen LogP contribution in [0.2, 0.25) is 5.02 Å². The average molecular weight is 337 g/mol. The molecule has 0 radical (unpaired) electrons. The van der Waals surface area contributed by atoms with Crippen molar-refractivity contribution in [3.63, 3.8) is 0 Å². The fourth-order valence-electron chi connectivity index (χ4n) is 2.35. The number of rotatable bonds is 3. The van der Waals surface area contributed by atoms with Crippen LogP contribution in [0.25, 0.3) is 5.69 Å². The first-order valence-electron chi connectivity index (χ1n) is 7.17. The zero-order valence-corrected chi connectivity index (χ0v) is 13.6. The lowest BCUT2D eigenvalue weighted by Gasteiger charge is -2.05. The maximum Gasteiger partial charge on any atom is 0.214 e. The van der Waals surface area contributed by atoms with Crippen LogP contribution in [0.3, 0.4) is 0 Å². The van der Waals surface area contributed by atoms with E-state index >= 15 is 0 Å². The van der Waals surface area contributed by atoms with E-state index in [0.29, 0.717) is 16.3 Å². The Labute approximate surface area is 143 Å². The molecule has 24 heavy (non-hydrogen) atoms. The van der Waals surface area contributed by atoms with Gasteiger partial charge in [-0.1, -0.05) is 53.6 Å². The molecular weight excluding hydrogens is 324 g/mol. The SMILES string of the molecule is Cc1ccc(C(=O)c2nn(-c3ccccc3Cl)c(N)c2C#N)cc1. The van der Waals surface area contributed by atoms with Gasteiger partial charge in [0.15, 0.2) is 5.69 Å². The van der Waals surface area contributed by atoms with Crippen LogP contribution in [-0.2, 0) is 0 Å². The first kappa shape index (κ1) is 15.8. The van der Waals surface area contributed by atoms with Crippen LogP contribution < -0.4 is 5.73 Å². The van der Waals surface area contributed by atoms with Crippen LogP contribution in [0.1, 0.15) is 27.2 Å². The van der Waals surface area contributed by atoms with Crippen molar-refractivity contribution in [2.45, 2.75) is 6.92 Å². The fraction of sp³-hybridized carbons (Fsp3) is 0.0556. The number of carbonyl (C=O) groups is 1. The number of carbonyl (C=O) groups excluding carboxylic acids is 1. The highest BCUT2D eigenvalue weighted by atomic mass is 35.5. The third-order valence-electron chi connectivity index (χ3n) is 3.64. The number of anilines is 1. The molecule has 0 atom stereocenters.